The third-order valence-electron chi connectivity index (χ3n) is 2.93. The number of carbonyl (C=O) groups is 3. The van der Waals surface area contributed by atoms with E-state index in [1.165, 1.54) is 0 Å². The van der Waals surface area contributed by atoms with Crippen LogP contribution >= 0.6 is 0 Å². The molecule has 0 spiro atoms. The predicted octanol–water partition coefficient (Wildman–Crippen LogP) is 0.588. The highest BCUT2D eigenvalue weighted by molar-refractivity contribution is 5.94. The van der Waals surface area contributed by atoms with E-state index in [1.54, 1.807) is 4.90 Å². The molecule has 1 rings (SSSR count). The average molecular weight is 272 g/mol. The average Bonchev–Trinajstić information content (AvgIpc) is 2.27. The molecule has 7 nitrogen and oxygen atoms in total. The van der Waals surface area contributed by atoms with Crippen LogP contribution in [-0.2, 0) is 14.3 Å². The molecule has 7 heteroatoms. The molecule has 0 bridgehead atoms. The van der Waals surface area contributed by atoms with Gasteiger partial charge >= 0.3 is 12.0 Å². The second-order valence-corrected chi connectivity index (χ2v) is 5.12. The number of carbonyl (C=O) groups excluding carboxylic acids is 2. The van der Waals surface area contributed by atoms with Gasteiger partial charge in [-0.05, 0) is 20.3 Å². The fourth-order valence-corrected chi connectivity index (χ4v) is 1.88. The number of morpholine rings is 1. The fraction of sp³-hybridized carbons (Fsp3) is 0.750. The Morgan fingerprint density at radius 2 is 2.00 bits per heavy atom. The third kappa shape index (κ3) is 4.86. The Balaban J connectivity index is 2.41. The number of hydrogen-bond donors (Lipinski definition) is 2. The fourth-order valence-electron chi connectivity index (χ4n) is 1.88. The molecule has 0 aromatic heterocycles. The van der Waals surface area contributed by atoms with Crippen LogP contribution in [0.2, 0.25) is 0 Å². The van der Waals surface area contributed by atoms with Crippen LogP contribution in [0.25, 0.3) is 0 Å². The molecule has 0 aromatic carbocycles. The second-order valence-electron chi connectivity index (χ2n) is 5.12. The molecule has 1 heterocycles. The maximum atomic E-state index is 11.9. The molecule has 19 heavy (non-hydrogen) atoms. The highest BCUT2D eigenvalue weighted by atomic mass is 16.5. The van der Waals surface area contributed by atoms with Crippen molar-refractivity contribution in [2.75, 3.05) is 19.8 Å². The van der Waals surface area contributed by atoms with Crippen molar-refractivity contribution in [1.29, 1.82) is 0 Å². The van der Waals surface area contributed by atoms with Gasteiger partial charge in [0.15, 0.2) is 0 Å². The molecule has 108 valence electrons. The molecule has 0 atom stereocenters. The highest BCUT2D eigenvalue weighted by Crippen LogP contribution is 2.18. The number of urea groups is 1. The minimum Gasteiger partial charge on any atom is -0.481 e. The van der Waals surface area contributed by atoms with Crippen molar-refractivity contribution in [3.8, 4) is 0 Å². The Bertz CT molecular complexity index is 367. The Hall–Kier alpha value is -1.63. The first-order valence-electron chi connectivity index (χ1n) is 6.24. The van der Waals surface area contributed by atoms with E-state index in [0.717, 1.165) is 0 Å². The molecule has 1 aliphatic rings. The number of rotatable bonds is 4. The lowest BCUT2D eigenvalue weighted by atomic mass is 10.0. The van der Waals surface area contributed by atoms with Crippen LogP contribution in [-0.4, -0.2) is 53.2 Å². The van der Waals surface area contributed by atoms with Gasteiger partial charge in [0.1, 0.15) is 0 Å². The second kappa shape index (κ2) is 6.51. The van der Waals surface area contributed by atoms with Gasteiger partial charge in [0.2, 0.25) is 5.91 Å². The van der Waals surface area contributed by atoms with Crippen molar-refractivity contribution < 1.29 is 24.2 Å². The van der Waals surface area contributed by atoms with Gasteiger partial charge in [-0.15, -0.1) is 0 Å². The Morgan fingerprint density at radius 1 is 1.32 bits per heavy atom. The Morgan fingerprint density at radius 3 is 2.58 bits per heavy atom. The largest absolute Gasteiger partial charge is 0.481 e. The molecule has 2 N–H and O–H groups in total. The molecule has 0 aliphatic carbocycles. The summed E-state index contributed by atoms with van der Waals surface area (Å²) in [4.78, 5) is 35.3. The summed E-state index contributed by atoms with van der Waals surface area (Å²) < 4.78 is 5.29. The van der Waals surface area contributed by atoms with E-state index in [4.69, 9.17) is 9.84 Å². The zero-order valence-corrected chi connectivity index (χ0v) is 11.3. The van der Waals surface area contributed by atoms with E-state index in [1.807, 2.05) is 13.8 Å². The summed E-state index contributed by atoms with van der Waals surface area (Å²) in [7, 11) is 0. The van der Waals surface area contributed by atoms with Crippen molar-refractivity contribution >= 4 is 17.9 Å². The molecule has 1 fully saturated rings. The molecule has 0 unspecified atom stereocenters. The van der Waals surface area contributed by atoms with Crippen molar-refractivity contribution in [2.45, 2.75) is 38.6 Å². The molecular weight excluding hydrogens is 252 g/mol. The maximum absolute atomic E-state index is 11.9. The number of amides is 3. The van der Waals surface area contributed by atoms with E-state index in [0.29, 0.717) is 19.8 Å². The van der Waals surface area contributed by atoms with Crippen LogP contribution in [0.4, 0.5) is 4.79 Å². The van der Waals surface area contributed by atoms with Crippen LogP contribution in [0.3, 0.4) is 0 Å². The van der Waals surface area contributed by atoms with Gasteiger partial charge in [0.25, 0.3) is 0 Å². The monoisotopic (exact) mass is 272 g/mol. The minimum atomic E-state index is -0.951. The number of aliphatic carboxylic acids is 1. The molecule has 3 amide bonds. The van der Waals surface area contributed by atoms with Crippen LogP contribution in [0.15, 0.2) is 0 Å². The van der Waals surface area contributed by atoms with Gasteiger partial charge in [0, 0.05) is 19.4 Å². The van der Waals surface area contributed by atoms with E-state index in [2.05, 4.69) is 5.32 Å². The van der Waals surface area contributed by atoms with Gasteiger partial charge in [-0.2, -0.15) is 0 Å². The standard InChI is InChI=1S/C12H20N2O5/c1-12(2)8-19-7-6-14(12)11(18)13-9(15)4-3-5-10(16)17/h3-8H2,1-2H3,(H,16,17)(H,13,15,18). The highest BCUT2D eigenvalue weighted by Gasteiger charge is 2.34. The first kappa shape index (κ1) is 15.4. The molecule has 1 aliphatic heterocycles. The summed E-state index contributed by atoms with van der Waals surface area (Å²) in [5, 5.41) is 10.7. The number of ether oxygens (including phenoxy) is 1. The molecule has 0 radical (unpaired) electrons. The number of nitrogens with one attached hydrogen (secondary N) is 1. The normalized spacial score (nSPS) is 17.9. The van der Waals surface area contributed by atoms with Crippen molar-refractivity contribution in [3.05, 3.63) is 0 Å². The summed E-state index contributed by atoms with van der Waals surface area (Å²) in [6, 6.07) is -0.450. The third-order valence-corrected chi connectivity index (χ3v) is 2.93. The lowest BCUT2D eigenvalue weighted by Gasteiger charge is -2.41. The summed E-state index contributed by atoms with van der Waals surface area (Å²) in [6.45, 7) is 5.03. The van der Waals surface area contributed by atoms with Gasteiger partial charge in [0.05, 0.1) is 18.8 Å². The number of carboxylic acid groups (broad SMARTS) is 1. The zero-order chi connectivity index (χ0) is 14.5. The Labute approximate surface area is 111 Å². The van der Waals surface area contributed by atoms with Gasteiger partial charge in [-0.25, -0.2) is 4.79 Å². The summed E-state index contributed by atoms with van der Waals surface area (Å²) in [5.74, 6) is -1.40. The molecular formula is C12H20N2O5. The molecule has 0 aromatic rings. The summed E-state index contributed by atoms with van der Waals surface area (Å²) in [5.41, 5.74) is -0.455. The van der Waals surface area contributed by atoms with Crippen LogP contribution in [0.5, 0.6) is 0 Å². The summed E-state index contributed by atoms with van der Waals surface area (Å²) >= 11 is 0. The lowest BCUT2D eigenvalue weighted by Crippen LogP contribution is -2.59. The van der Waals surface area contributed by atoms with Gasteiger partial charge in [-0.1, -0.05) is 0 Å². The van der Waals surface area contributed by atoms with Crippen molar-refractivity contribution in [1.82, 2.24) is 10.2 Å². The number of imide groups is 1. The topological polar surface area (TPSA) is 95.9 Å². The lowest BCUT2D eigenvalue weighted by molar-refractivity contribution is -0.137. The van der Waals surface area contributed by atoms with Crippen LogP contribution < -0.4 is 5.32 Å². The van der Waals surface area contributed by atoms with E-state index in [-0.39, 0.29) is 19.3 Å². The first-order chi connectivity index (χ1) is 8.83. The molecule has 1 saturated heterocycles. The Kier molecular flexibility index (Phi) is 5.29. The predicted molar refractivity (Wildman–Crippen MR) is 66.6 cm³/mol. The number of hydrogen-bond acceptors (Lipinski definition) is 4. The van der Waals surface area contributed by atoms with E-state index < -0.39 is 23.4 Å². The van der Waals surface area contributed by atoms with Gasteiger partial charge in [-0.3, -0.25) is 14.9 Å². The van der Waals surface area contributed by atoms with E-state index in [9.17, 15) is 14.4 Å². The van der Waals surface area contributed by atoms with Crippen molar-refractivity contribution in [2.24, 2.45) is 0 Å². The zero-order valence-electron chi connectivity index (χ0n) is 11.3. The van der Waals surface area contributed by atoms with Crippen LogP contribution in [0, 0.1) is 0 Å². The van der Waals surface area contributed by atoms with Crippen LogP contribution in [0.1, 0.15) is 33.1 Å². The summed E-state index contributed by atoms with van der Waals surface area (Å²) in [6.07, 6.45) is 0.175. The minimum absolute atomic E-state index is 0.0306. The van der Waals surface area contributed by atoms with Gasteiger partial charge < -0.3 is 14.7 Å². The number of nitrogens with zero attached hydrogens (tertiary/aromatic N) is 1. The quantitative estimate of drug-likeness (QED) is 0.780. The smallest absolute Gasteiger partial charge is 0.324 e. The van der Waals surface area contributed by atoms with E-state index >= 15 is 0 Å². The SMILES string of the molecule is CC1(C)COCCN1C(=O)NC(=O)CCCC(=O)O. The first-order valence-corrected chi connectivity index (χ1v) is 6.24. The maximum Gasteiger partial charge on any atom is 0.324 e. The van der Waals surface area contributed by atoms with Crippen molar-refractivity contribution in [3.63, 3.8) is 0 Å². The number of carboxylic acids is 1. The molecule has 0 saturated carbocycles.